The minimum absolute atomic E-state index is 0.0412. The van der Waals surface area contributed by atoms with E-state index in [-0.39, 0.29) is 16.6 Å². The molecule has 40 heavy (non-hydrogen) atoms. The fourth-order valence-electron chi connectivity index (χ4n) is 5.19. The van der Waals surface area contributed by atoms with E-state index in [4.69, 9.17) is 9.47 Å². The fourth-order valence-corrected chi connectivity index (χ4v) is 6.37. The minimum atomic E-state index is -3.59. The molecule has 1 N–H and O–H groups in total. The van der Waals surface area contributed by atoms with Gasteiger partial charge in [-0.15, -0.1) is 0 Å². The number of alkyl carbamates (subject to hydrolysis) is 1. The van der Waals surface area contributed by atoms with Gasteiger partial charge in [0.2, 0.25) is 10.0 Å². The highest BCUT2D eigenvalue weighted by atomic mass is 32.2. The number of hydrogen-bond acceptors (Lipinski definition) is 6. The van der Waals surface area contributed by atoms with Crippen LogP contribution in [0.3, 0.4) is 0 Å². The zero-order chi connectivity index (χ0) is 28.8. The fraction of sp³-hybridized carbons (Fsp3) is 0.333. The summed E-state index contributed by atoms with van der Waals surface area (Å²) in [6.07, 6.45) is 0.156. The first-order chi connectivity index (χ1) is 19.2. The van der Waals surface area contributed by atoms with Crippen molar-refractivity contribution in [2.24, 2.45) is 5.92 Å². The highest BCUT2D eigenvalue weighted by Gasteiger charge is 2.45. The molecule has 1 fully saturated rings. The van der Waals surface area contributed by atoms with E-state index in [1.165, 1.54) is 42.7 Å². The van der Waals surface area contributed by atoms with Gasteiger partial charge >= 0.3 is 12.2 Å². The highest BCUT2D eigenvalue weighted by molar-refractivity contribution is 7.89. The molecule has 0 radical (unpaired) electrons. The van der Waals surface area contributed by atoms with E-state index in [2.05, 4.69) is 5.32 Å². The number of methoxy groups -OCH3 is 1. The van der Waals surface area contributed by atoms with Crippen LogP contribution < -0.4 is 10.1 Å². The number of hydrogen-bond donors (Lipinski definition) is 1. The molecule has 2 amide bonds. The summed E-state index contributed by atoms with van der Waals surface area (Å²) in [4.78, 5) is 27.4. The van der Waals surface area contributed by atoms with Crippen LogP contribution in [-0.2, 0) is 20.3 Å². The van der Waals surface area contributed by atoms with Crippen molar-refractivity contribution in [3.05, 3.63) is 96.1 Å². The van der Waals surface area contributed by atoms with Gasteiger partial charge in [-0.05, 0) is 54.2 Å². The predicted molar refractivity (Wildman–Crippen MR) is 151 cm³/mol. The Hall–Kier alpha value is -3.89. The van der Waals surface area contributed by atoms with Crippen molar-refractivity contribution in [2.45, 2.75) is 30.2 Å². The predicted octanol–water partition coefficient (Wildman–Crippen LogP) is 4.84. The lowest BCUT2D eigenvalue weighted by molar-refractivity contribution is 0.101. The molecule has 0 unspecified atom stereocenters. The Morgan fingerprint density at radius 2 is 1.45 bits per heavy atom. The van der Waals surface area contributed by atoms with Crippen molar-refractivity contribution in [1.29, 1.82) is 0 Å². The van der Waals surface area contributed by atoms with E-state index in [9.17, 15) is 18.0 Å². The number of nitrogens with one attached hydrogen (secondary N) is 1. The number of likely N-dealkylation sites (tertiary alicyclic amines) is 1. The average molecular weight is 566 g/mol. The molecule has 1 aliphatic heterocycles. The smallest absolute Gasteiger partial charge is 0.415 e. The van der Waals surface area contributed by atoms with E-state index in [0.29, 0.717) is 32.5 Å². The Labute approximate surface area is 235 Å². The molecule has 212 valence electrons. The number of ether oxygens (including phenoxy) is 2. The average Bonchev–Trinajstić information content (AvgIpc) is 3.00. The van der Waals surface area contributed by atoms with E-state index < -0.39 is 27.7 Å². The number of nitrogens with zero attached hydrogens (tertiary/aromatic N) is 2. The number of carbonyl (C=O) groups is 2. The molecule has 3 aromatic rings. The van der Waals surface area contributed by atoms with Crippen LogP contribution in [0.1, 0.15) is 30.9 Å². The summed E-state index contributed by atoms with van der Waals surface area (Å²) in [5, 5.41) is 3.15. The zero-order valence-electron chi connectivity index (χ0n) is 22.9. The SMILES string of the molecule is CCN(C)S(=O)(=O)c1ccc(OC(=O)N2CCC(C(NC(=O)OC)(c3ccccc3)c3ccccc3)CC2)cc1. The molecule has 1 aliphatic rings. The quantitative estimate of drug-likeness (QED) is 0.419. The normalized spacial score (nSPS) is 14.6. The minimum Gasteiger partial charge on any atom is -0.453 e. The molecule has 0 saturated carbocycles. The Kier molecular flexibility index (Phi) is 9.11. The molecule has 0 atom stereocenters. The van der Waals surface area contributed by atoms with Gasteiger partial charge in [0.15, 0.2) is 0 Å². The third-order valence-electron chi connectivity index (χ3n) is 7.49. The van der Waals surface area contributed by atoms with Crippen LogP contribution in [0.4, 0.5) is 9.59 Å². The van der Waals surface area contributed by atoms with Crippen molar-refractivity contribution in [1.82, 2.24) is 14.5 Å². The summed E-state index contributed by atoms with van der Waals surface area (Å²) in [7, 11) is -0.730. The van der Waals surface area contributed by atoms with Crippen LogP contribution in [0.5, 0.6) is 5.75 Å². The summed E-state index contributed by atoms with van der Waals surface area (Å²) < 4.78 is 36.9. The molecule has 0 aliphatic carbocycles. The summed E-state index contributed by atoms with van der Waals surface area (Å²) in [6, 6.07) is 25.4. The van der Waals surface area contributed by atoms with Crippen LogP contribution in [0.2, 0.25) is 0 Å². The molecule has 1 heterocycles. The van der Waals surface area contributed by atoms with Crippen molar-refractivity contribution in [3.8, 4) is 5.75 Å². The first-order valence-corrected chi connectivity index (χ1v) is 14.7. The maximum absolute atomic E-state index is 13.0. The van der Waals surface area contributed by atoms with Gasteiger partial charge in [-0.3, -0.25) is 0 Å². The lowest BCUT2D eigenvalue weighted by Crippen LogP contribution is -2.55. The highest BCUT2D eigenvalue weighted by Crippen LogP contribution is 2.42. The Bertz CT molecular complexity index is 1350. The first kappa shape index (κ1) is 29.1. The number of rotatable bonds is 8. The Morgan fingerprint density at radius 1 is 0.925 bits per heavy atom. The van der Waals surface area contributed by atoms with Gasteiger partial charge in [-0.25, -0.2) is 22.3 Å². The summed E-state index contributed by atoms with van der Waals surface area (Å²) in [5.41, 5.74) is 0.992. The van der Waals surface area contributed by atoms with Crippen LogP contribution in [-0.4, -0.2) is 63.6 Å². The van der Waals surface area contributed by atoms with E-state index in [1.807, 2.05) is 60.7 Å². The molecule has 0 bridgehead atoms. The molecular weight excluding hydrogens is 530 g/mol. The lowest BCUT2D eigenvalue weighted by atomic mass is 9.69. The summed E-state index contributed by atoms with van der Waals surface area (Å²) in [5.74, 6) is 0.223. The Balaban J connectivity index is 1.52. The Morgan fingerprint density at radius 3 is 1.93 bits per heavy atom. The van der Waals surface area contributed by atoms with Gasteiger partial charge in [-0.1, -0.05) is 67.6 Å². The van der Waals surface area contributed by atoms with Crippen molar-refractivity contribution < 1.29 is 27.5 Å². The van der Waals surface area contributed by atoms with Gasteiger partial charge in [0.25, 0.3) is 0 Å². The van der Waals surface area contributed by atoms with Gasteiger partial charge in [0.05, 0.1) is 17.5 Å². The summed E-state index contributed by atoms with van der Waals surface area (Å²) in [6.45, 7) is 2.94. The van der Waals surface area contributed by atoms with Gasteiger partial charge < -0.3 is 19.7 Å². The van der Waals surface area contributed by atoms with Crippen molar-refractivity contribution in [2.75, 3.05) is 33.8 Å². The lowest BCUT2D eigenvalue weighted by Gasteiger charge is -2.45. The first-order valence-electron chi connectivity index (χ1n) is 13.2. The third-order valence-corrected chi connectivity index (χ3v) is 9.44. The molecule has 9 nitrogen and oxygen atoms in total. The second kappa shape index (κ2) is 12.5. The molecule has 10 heteroatoms. The maximum atomic E-state index is 13.0. The molecule has 0 spiro atoms. The van der Waals surface area contributed by atoms with Crippen LogP contribution >= 0.6 is 0 Å². The van der Waals surface area contributed by atoms with Crippen LogP contribution in [0.25, 0.3) is 0 Å². The van der Waals surface area contributed by atoms with Crippen molar-refractivity contribution >= 4 is 22.2 Å². The zero-order valence-corrected chi connectivity index (χ0v) is 23.8. The third kappa shape index (κ3) is 5.97. The molecule has 4 rings (SSSR count). The molecule has 1 saturated heterocycles. The second-order valence-electron chi connectivity index (χ2n) is 9.68. The van der Waals surface area contributed by atoms with Gasteiger partial charge in [0, 0.05) is 26.7 Å². The maximum Gasteiger partial charge on any atom is 0.415 e. The number of piperidine rings is 1. The monoisotopic (exact) mass is 565 g/mol. The summed E-state index contributed by atoms with van der Waals surface area (Å²) >= 11 is 0. The topological polar surface area (TPSA) is 105 Å². The van der Waals surface area contributed by atoms with E-state index in [1.54, 1.807) is 11.8 Å². The van der Waals surface area contributed by atoms with E-state index in [0.717, 1.165) is 11.1 Å². The van der Waals surface area contributed by atoms with E-state index >= 15 is 0 Å². The number of amides is 2. The van der Waals surface area contributed by atoms with Crippen LogP contribution in [0.15, 0.2) is 89.8 Å². The number of benzene rings is 3. The number of carbonyl (C=O) groups excluding carboxylic acids is 2. The van der Waals surface area contributed by atoms with Crippen LogP contribution in [0, 0.1) is 5.92 Å². The van der Waals surface area contributed by atoms with Gasteiger partial charge in [-0.2, -0.15) is 0 Å². The second-order valence-corrected chi connectivity index (χ2v) is 11.7. The molecular formula is C30H35N3O6S. The number of sulfonamides is 1. The van der Waals surface area contributed by atoms with Crippen molar-refractivity contribution in [3.63, 3.8) is 0 Å². The molecule has 3 aromatic carbocycles. The molecule has 0 aromatic heterocycles. The van der Waals surface area contributed by atoms with Gasteiger partial charge in [0.1, 0.15) is 5.75 Å². The standard InChI is InChI=1S/C30H35N3O6S/c1-4-32(2)40(36,37)27-17-15-26(16-18-27)39-29(35)33-21-19-25(20-22-33)30(31-28(34)38-3,23-11-7-5-8-12-23)24-13-9-6-10-14-24/h5-18,25H,4,19-22H2,1-3H3,(H,31,34). The largest absolute Gasteiger partial charge is 0.453 e.